The molecule has 3 aromatic rings. The second kappa shape index (κ2) is 10.0. The molecular formula is C26H27N3O2. The zero-order valence-corrected chi connectivity index (χ0v) is 17.6. The second-order valence-corrected chi connectivity index (χ2v) is 7.90. The lowest BCUT2D eigenvalue weighted by Gasteiger charge is -2.17. The predicted molar refractivity (Wildman–Crippen MR) is 124 cm³/mol. The third-order valence-electron chi connectivity index (χ3n) is 5.68. The molecule has 4 rings (SSSR count). The van der Waals surface area contributed by atoms with Crippen LogP contribution in [0.15, 0.2) is 83.0 Å². The number of aromatic carboxylic acids is 1. The van der Waals surface area contributed by atoms with E-state index in [0.717, 1.165) is 19.3 Å². The van der Waals surface area contributed by atoms with Gasteiger partial charge in [-0.3, -0.25) is 0 Å². The van der Waals surface area contributed by atoms with Crippen molar-refractivity contribution >= 4 is 23.0 Å². The Morgan fingerprint density at radius 1 is 0.806 bits per heavy atom. The molecule has 0 aromatic heterocycles. The van der Waals surface area contributed by atoms with Crippen LogP contribution in [-0.2, 0) is 12.8 Å². The van der Waals surface area contributed by atoms with Crippen LogP contribution in [0.5, 0.6) is 0 Å². The molecule has 3 aromatic carbocycles. The van der Waals surface area contributed by atoms with Crippen LogP contribution in [-0.4, -0.2) is 24.2 Å². The third-order valence-corrected chi connectivity index (χ3v) is 5.68. The minimum atomic E-state index is -1.00. The highest BCUT2D eigenvalue weighted by atomic mass is 16.4. The van der Waals surface area contributed by atoms with Crippen molar-refractivity contribution in [3.05, 3.63) is 89.5 Å². The number of benzene rings is 3. The van der Waals surface area contributed by atoms with Crippen molar-refractivity contribution in [3.63, 3.8) is 0 Å². The van der Waals surface area contributed by atoms with Crippen molar-refractivity contribution in [2.45, 2.75) is 32.1 Å². The first-order chi connectivity index (χ1) is 15.2. The molecule has 0 aliphatic carbocycles. The van der Waals surface area contributed by atoms with Gasteiger partial charge in [-0.15, -0.1) is 5.11 Å². The van der Waals surface area contributed by atoms with Crippen molar-refractivity contribution in [3.8, 4) is 0 Å². The minimum Gasteiger partial charge on any atom is -0.478 e. The highest BCUT2D eigenvalue weighted by Gasteiger charge is 2.11. The zero-order valence-electron chi connectivity index (χ0n) is 17.6. The number of azo groups is 1. The summed E-state index contributed by atoms with van der Waals surface area (Å²) < 4.78 is 0. The summed E-state index contributed by atoms with van der Waals surface area (Å²) in [6, 6.07) is 23.6. The van der Waals surface area contributed by atoms with Gasteiger partial charge >= 0.3 is 5.97 Å². The van der Waals surface area contributed by atoms with Crippen LogP contribution < -0.4 is 4.90 Å². The van der Waals surface area contributed by atoms with Gasteiger partial charge in [0, 0.05) is 18.8 Å². The van der Waals surface area contributed by atoms with Crippen LogP contribution in [0, 0.1) is 0 Å². The molecule has 5 nitrogen and oxygen atoms in total. The first-order valence-corrected chi connectivity index (χ1v) is 10.9. The molecule has 1 saturated heterocycles. The fourth-order valence-electron chi connectivity index (χ4n) is 3.93. The van der Waals surface area contributed by atoms with E-state index in [0.29, 0.717) is 11.4 Å². The molecule has 1 heterocycles. The van der Waals surface area contributed by atoms with Gasteiger partial charge < -0.3 is 10.0 Å². The van der Waals surface area contributed by atoms with Crippen molar-refractivity contribution < 1.29 is 9.90 Å². The largest absolute Gasteiger partial charge is 0.478 e. The van der Waals surface area contributed by atoms with Gasteiger partial charge in [0.15, 0.2) is 0 Å². The third kappa shape index (κ3) is 5.57. The molecule has 0 unspecified atom stereocenters. The van der Waals surface area contributed by atoms with Crippen LogP contribution in [0.4, 0.5) is 17.1 Å². The summed E-state index contributed by atoms with van der Waals surface area (Å²) in [6.07, 6.45) is 5.77. The number of aryl methyl sites for hydroxylation is 2. The van der Waals surface area contributed by atoms with Crippen LogP contribution in [0.2, 0.25) is 0 Å². The molecule has 5 heteroatoms. The Kier molecular flexibility index (Phi) is 6.72. The van der Waals surface area contributed by atoms with E-state index in [2.05, 4.69) is 51.5 Å². The Morgan fingerprint density at radius 3 is 2.06 bits per heavy atom. The van der Waals surface area contributed by atoms with Gasteiger partial charge in [0.25, 0.3) is 0 Å². The molecule has 0 radical (unpaired) electrons. The molecule has 158 valence electrons. The quantitative estimate of drug-likeness (QED) is 0.424. The molecule has 0 amide bonds. The molecule has 31 heavy (non-hydrogen) atoms. The molecule has 0 bridgehead atoms. The summed E-state index contributed by atoms with van der Waals surface area (Å²) in [7, 11) is 0. The van der Waals surface area contributed by atoms with E-state index in [1.165, 1.54) is 48.8 Å². The van der Waals surface area contributed by atoms with Crippen molar-refractivity contribution in [2.75, 3.05) is 18.0 Å². The lowest BCUT2D eigenvalue weighted by molar-refractivity contribution is 0.0697. The Balaban J connectivity index is 1.28. The summed E-state index contributed by atoms with van der Waals surface area (Å²) in [4.78, 5) is 13.7. The number of anilines is 1. The number of rotatable bonds is 8. The summed E-state index contributed by atoms with van der Waals surface area (Å²) in [5.74, 6) is -1.00. The van der Waals surface area contributed by atoms with Gasteiger partial charge in [0.05, 0.1) is 11.3 Å². The normalized spacial score (nSPS) is 13.7. The summed E-state index contributed by atoms with van der Waals surface area (Å²) in [6.45, 7) is 2.36. The fourth-order valence-corrected chi connectivity index (χ4v) is 3.93. The predicted octanol–water partition coefficient (Wildman–Crippen LogP) is 6.58. The van der Waals surface area contributed by atoms with E-state index >= 15 is 0 Å². The zero-order chi connectivity index (χ0) is 21.5. The first kappa shape index (κ1) is 20.8. The maximum atomic E-state index is 11.3. The lowest BCUT2D eigenvalue weighted by Crippen LogP contribution is -2.17. The number of carbonyl (C=O) groups is 1. The topological polar surface area (TPSA) is 65.3 Å². The molecule has 1 aliphatic rings. The highest BCUT2D eigenvalue weighted by molar-refractivity contribution is 5.93. The first-order valence-electron chi connectivity index (χ1n) is 10.9. The Labute approximate surface area is 183 Å². The molecule has 1 N–H and O–H groups in total. The Bertz CT molecular complexity index is 1040. The van der Waals surface area contributed by atoms with Gasteiger partial charge in [-0.1, -0.05) is 36.4 Å². The van der Waals surface area contributed by atoms with Crippen molar-refractivity contribution in [1.82, 2.24) is 0 Å². The molecule has 0 atom stereocenters. The van der Waals surface area contributed by atoms with E-state index in [1.54, 1.807) is 18.2 Å². The second-order valence-electron chi connectivity index (χ2n) is 7.90. The van der Waals surface area contributed by atoms with Crippen molar-refractivity contribution in [1.29, 1.82) is 0 Å². The SMILES string of the molecule is O=C(O)c1ccccc1N=Nc1ccc(CCCc2ccc(N3CCCC3)cc2)cc1. The summed E-state index contributed by atoms with van der Waals surface area (Å²) >= 11 is 0. The molecule has 0 saturated carbocycles. The molecular weight excluding hydrogens is 386 g/mol. The van der Waals surface area contributed by atoms with E-state index in [9.17, 15) is 9.90 Å². The monoisotopic (exact) mass is 413 g/mol. The van der Waals surface area contributed by atoms with Gasteiger partial charge in [0.2, 0.25) is 0 Å². The van der Waals surface area contributed by atoms with E-state index < -0.39 is 5.97 Å². The summed E-state index contributed by atoms with van der Waals surface area (Å²) in [5, 5.41) is 17.5. The number of carboxylic acid groups (broad SMARTS) is 1. The smallest absolute Gasteiger partial charge is 0.337 e. The molecule has 1 aliphatic heterocycles. The van der Waals surface area contributed by atoms with Crippen LogP contribution in [0.1, 0.15) is 40.7 Å². The fraction of sp³-hybridized carbons (Fsp3) is 0.269. The van der Waals surface area contributed by atoms with E-state index in [-0.39, 0.29) is 5.56 Å². The van der Waals surface area contributed by atoms with E-state index in [4.69, 9.17) is 0 Å². The lowest BCUT2D eigenvalue weighted by atomic mass is 10.0. The molecule has 0 spiro atoms. The van der Waals surface area contributed by atoms with Gasteiger partial charge in [0.1, 0.15) is 5.69 Å². The number of hydrogen-bond acceptors (Lipinski definition) is 4. The van der Waals surface area contributed by atoms with Gasteiger partial charge in [-0.25, -0.2) is 4.79 Å². The standard InChI is InChI=1S/C26H27N3O2/c30-26(31)24-8-1-2-9-25(24)28-27-22-14-10-20(11-15-22)6-5-7-21-12-16-23(17-13-21)29-18-3-4-19-29/h1-2,8-17H,3-7,18-19H2,(H,30,31). The van der Waals surface area contributed by atoms with Crippen LogP contribution in [0.3, 0.4) is 0 Å². The van der Waals surface area contributed by atoms with E-state index in [1.807, 2.05) is 12.1 Å². The Morgan fingerprint density at radius 2 is 1.42 bits per heavy atom. The maximum Gasteiger partial charge on any atom is 0.337 e. The number of carboxylic acids is 1. The van der Waals surface area contributed by atoms with Crippen molar-refractivity contribution in [2.24, 2.45) is 10.2 Å². The van der Waals surface area contributed by atoms with Crippen LogP contribution >= 0.6 is 0 Å². The average Bonchev–Trinajstić information content (AvgIpc) is 3.34. The minimum absolute atomic E-state index is 0.149. The highest BCUT2D eigenvalue weighted by Crippen LogP contribution is 2.23. The van der Waals surface area contributed by atoms with Gasteiger partial charge in [-0.05, 0) is 79.6 Å². The molecule has 1 fully saturated rings. The van der Waals surface area contributed by atoms with Gasteiger partial charge in [-0.2, -0.15) is 5.11 Å². The average molecular weight is 414 g/mol. The Hall–Kier alpha value is -3.47. The number of hydrogen-bond donors (Lipinski definition) is 1. The van der Waals surface area contributed by atoms with Crippen LogP contribution in [0.25, 0.3) is 0 Å². The summed E-state index contributed by atoms with van der Waals surface area (Å²) in [5.41, 5.74) is 5.20. The number of nitrogens with zero attached hydrogens (tertiary/aromatic N) is 3. The maximum absolute atomic E-state index is 11.3.